The molecule has 1 heterocycles. The minimum atomic E-state index is -1.01. The number of aromatic carboxylic acids is 1. The number of nitrogens with one attached hydrogen (secondary N) is 1. The van der Waals surface area contributed by atoms with Crippen LogP contribution < -0.4 is 5.32 Å². The van der Waals surface area contributed by atoms with Crippen LogP contribution in [-0.4, -0.2) is 17.0 Å². The molecule has 0 aliphatic carbocycles. The number of hydrogen-bond acceptors (Lipinski definition) is 2. The average molecular weight is 256 g/mol. The van der Waals surface area contributed by atoms with Gasteiger partial charge in [-0.25, -0.2) is 4.79 Å². The highest BCUT2D eigenvalue weighted by Crippen LogP contribution is 2.34. The van der Waals surface area contributed by atoms with Crippen molar-refractivity contribution in [3.8, 4) is 0 Å². The Morgan fingerprint density at radius 3 is 2.86 bits per heavy atom. The molecule has 0 aromatic heterocycles. The lowest BCUT2D eigenvalue weighted by molar-refractivity contribution is -0.115. The van der Waals surface area contributed by atoms with Crippen molar-refractivity contribution in [3.63, 3.8) is 0 Å². The molecule has 0 saturated carbocycles. The lowest BCUT2D eigenvalue weighted by atomic mass is 10.1. The molecular formula is C9H6BrNO3. The fourth-order valence-corrected chi connectivity index (χ4v) is 2.08. The van der Waals surface area contributed by atoms with Crippen molar-refractivity contribution in [1.29, 1.82) is 0 Å². The summed E-state index contributed by atoms with van der Waals surface area (Å²) in [4.78, 5) is 21.8. The zero-order valence-corrected chi connectivity index (χ0v) is 8.59. The van der Waals surface area contributed by atoms with Crippen molar-refractivity contribution in [2.75, 3.05) is 5.32 Å². The first-order valence-electron chi connectivity index (χ1n) is 3.94. The Morgan fingerprint density at radius 1 is 1.50 bits per heavy atom. The smallest absolute Gasteiger partial charge is 0.336 e. The Hall–Kier alpha value is -1.36. The van der Waals surface area contributed by atoms with E-state index in [1.54, 1.807) is 6.07 Å². The second-order valence-corrected chi connectivity index (χ2v) is 3.78. The number of carbonyl (C=O) groups is 2. The lowest BCUT2D eigenvalue weighted by Gasteiger charge is -2.04. The van der Waals surface area contributed by atoms with E-state index in [4.69, 9.17) is 5.11 Å². The van der Waals surface area contributed by atoms with Gasteiger partial charge in [-0.3, -0.25) is 4.79 Å². The van der Waals surface area contributed by atoms with Gasteiger partial charge in [0.2, 0.25) is 5.91 Å². The van der Waals surface area contributed by atoms with Crippen LogP contribution in [0.2, 0.25) is 0 Å². The number of amides is 1. The maximum Gasteiger partial charge on any atom is 0.336 e. The number of carboxylic acids is 1. The predicted octanol–water partition coefficient (Wildman–Crippen LogP) is 1.64. The number of carboxylic acid groups (broad SMARTS) is 1. The van der Waals surface area contributed by atoms with Crippen LogP contribution in [0.5, 0.6) is 0 Å². The molecule has 1 aromatic rings. The van der Waals surface area contributed by atoms with Crippen molar-refractivity contribution < 1.29 is 14.7 Å². The Bertz CT molecular complexity index is 442. The van der Waals surface area contributed by atoms with Crippen molar-refractivity contribution in [1.82, 2.24) is 0 Å². The number of anilines is 1. The highest BCUT2D eigenvalue weighted by atomic mass is 79.9. The number of fused-ring (bicyclic) bond motifs is 1. The highest BCUT2D eigenvalue weighted by molar-refractivity contribution is 9.10. The maximum absolute atomic E-state index is 11.1. The van der Waals surface area contributed by atoms with E-state index in [1.165, 1.54) is 6.07 Å². The summed E-state index contributed by atoms with van der Waals surface area (Å²) in [5.41, 5.74) is 1.56. The standard InChI is InChI=1S/C9H6BrNO3/c10-7-5(9(13)14)2-1-4-3-6(12)11-8(4)7/h1-2H,3H2,(H,11,12)(H,13,14). The van der Waals surface area contributed by atoms with Gasteiger partial charge in [0.15, 0.2) is 0 Å². The van der Waals surface area contributed by atoms with Gasteiger partial charge in [0.05, 0.1) is 22.1 Å². The Kier molecular flexibility index (Phi) is 2.03. The molecule has 4 nitrogen and oxygen atoms in total. The first kappa shape index (κ1) is 9.21. The van der Waals surface area contributed by atoms with E-state index < -0.39 is 5.97 Å². The average Bonchev–Trinajstić information content (AvgIpc) is 2.46. The van der Waals surface area contributed by atoms with Gasteiger partial charge in [-0.1, -0.05) is 6.07 Å². The summed E-state index contributed by atoms with van der Waals surface area (Å²) in [7, 11) is 0. The van der Waals surface area contributed by atoms with Crippen LogP contribution in [0.1, 0.15) is 15.9 Å². The zero-order chi connectivity index (χ0) is 10.3. The molecule has 0 radical (unpaired) electrons. The quantitative estimate of drug-likeness (QED) is 0.802. The summed E-state index contributed by atoms with van der Waals surface area (Å²) in [6.07, 6.45) is 0.313. The van der Waals surface area contributed by atoms with Crippen molar-refractivity contribution in [2.45, 2.75) is 6.42 Å². The van der Waals surface area contributed by atoms with E-state index in [2.05, 4.69) is 21.2 Å². The van der Waals surface area contributed by atoms with Gasteiger partial charge in [-0.15, -0.1) is 0 Å². The van der Waals surface area contributed by atoms with E-state index in [9.17, 15) is 9.59 Å². The minimum absolute atomic E-state index is 0.108. The zero-order valence-electron chi connectivity index (χ0n) is 7.00. The van der Waals surface area contributed by atoms with Crippen molar-refractivity contribution >= 4 is 33.5 Å². The van der Waals surface area contributed by atoms with Gasteiger partial charge in [0.1, 0.15) is 0 Å². The van der Waals surface area contributed by atoms with Gasteiger partial charge >= 0.3 is 5.97 Å². The minimum Gasteiger partial charge on any atom is -0.478 e. The Labute approximate surface area is 88.1 Å². The third kappa shape index (κ3) is 1.29. The monoisotopic (exact) mass is 255 g/mol. The molecule has 2 N–H and O–H groups in total. The van der Waals surface area contributed by atoms with E-state index >= 15 is 0 Å². The fraction of sp³-hybridized carbons (Fsp3) is 0.111. The maximum atomic E-state index is 11.1. The largest absolute Gasteiger partial charge is 0.478 e. The van der Waals surface area contributed by atoms with E-state index in [0.717, 1.165) is 5.56 Å². The molecule has 72 valence electrons. The molecule has 2 rings (SSSR count). The van der Waals surface area contributed by atoms with Crippen LogP contribution >= 0.6 is 15.9 Å². The number of halogens is 1. The number of rotatable bonds is 1. The summed E-state index contributed by atoms with van der Waals surface area (Å²) in [5.74, 6) is -1.12. The number of carbonyl (C=O) groups excluding carboxylic acids is 1. The van der Waals surface area contributed by atoms with Crippen molar-refractivity contribution in [3.05, 3.63) is 27.7 Å². The molecule has 1 aliphatic heterocycles. The molecule has 1 aliphatic rings. The molecule has 5 heteroatoms. The Morgan fingerprint density at radius 2 is 2.21 bits per heavy atom. The van der Waals surface area contributed by atoms with E-state index in [1.807, 2.05) is 0 Å². The van der Waals surface area contributed by atoms with E-state index in [0.29, 0.717) is 16.6 Å². The predicted molar refractivity (Wildman–Crippen MR) is 53.4 cm³/mol. The topological polar surface area (TPSA) is 66.4 Å². The van der Waals surface area contributed by atoms with Gasteiger partial charge in [-0.2, -0.15) is 0 Å². The van der Waals surface area contributed by atoms with Crippen LogP contribution in [-0.2, 0) is 11.2 Å². The summed E-state index contributed by atoms with van der Waals surface area (Å²) in [6, 6.07) is 3.15. The van der Waals surface area contributed by atoms with Crippen LogP contribution in [0.15, 0.2) is 16.6 Å². The summed E-state index contributed by atoms with van der Waals surface area (Å²) in [6.45, 7) is 0. The lowest BCUT2D eigenvalue weighted by Crippen LogP contribution is -2.05. The fourth-order valence-electron chi connectivity index (χ4n) is 1.42. The van der Waals surface area contributed by atoms with Gasteiger partial charge in [0.25, 0.3) is 0 Å². The van der Waals surface area contributed by atoms with Crippen LogP contribution in [0.3, 0.4) is 0 Å². The summed E-state index contributed by atoms with van der Waals surface area (Å²) < 4.78 is 0.438. The number of benzene rings is 1. The summed E-state index contributed by atoms with van der Waals surface area (Å²) in [5, 5.41) is 11.4. The van der Waals surface area contributed by atoms with Crippen LogP contribution in [0.4, 0.5) is 5.69 Å². The SMILES string of the molecule is O=C1Cc2ccc(C(=O)O)c(Br)c2N1. The van der Waals surface area contributed by atoms with Crippen LogP contribution in [0.25, 0.3) is 0 Å². The first-order chi connectivity index (χ1) is 6.59. The molecule has 0 fully saturated rings. The molecule has 0 unspecified atom stereocenters. The van der Waals surface area contributed by atoms with E-state index in [-0.39, 0.29) is 11.5 Å². The third-order valence-electron chi connectivity index (χ3n) is 2.07. The highest BCUT2D eigenvalue weighted by Gasteiger charge is 2.23. The Balaban J connectivity index is 2.59. The van der Waals surface area contributed by atoms with Gasteiger partial charge in [-0.05, 0) is 27.6 Å². The van der Waals surface area contributed by atoms with Gasteiger partial charge < -0.3 is 10.4 Å². The first-order valence-corrected chi connectivity index (χ1v) is 4.73. The molecule has 0 spiro atoms. The molecule has 0 bridgehead atoms. The molecule has 1 amide bonds. The second kappa shape index (κ2) is 3.09. The molecule has 0 atom stereocenters. The van der Waals surface area contributed by atoms with Gasteiger partial charge in [0, 0.05) is 0 Å². The molecule has 0 saturated heterocycles. The molecule has 1 aromatic carbocycles. The van der Waals surface area contributed by atoms with Crippen molar-refractivity contribution in [2.24, 2.45) is 0 Å². The number of hydrogen-bond donors (Lipinski definition) is 2. The second-order valence-electron chi connectivity index (χ2n) is 2.99. The molecular weight excluding hydrogens is 250 g/mol. The molecule has 14 heavy (non-hydrogen) atoms. The third-order valence-corrected chi connectivity index (χ3v) is 2.90. The van der Waals surface area contributed by atoms with Crippen LogP contribution in [0, 0.1) is 0 Å². The summed E-state index contributed by atoms with van der Waals surface area (Å²) >= 11 is 3.16. The normalized spacial score (nSPS) is 13.6.